The SMILES string of the molecule is [NH3+]OCc1ccc(Cl)c(Cl)c1. The molecule has 2 nitrogen and oxygen atoms in total. The van der Waals surface area contributed by atoms with E-state index in [2.05, 4.69) is 10.7 Å². The Hall–Kier alpha value is -0.280. The van der Waals surface area contributed by atoms with E-state index in [1.54, 1.807) is 12.1 Å². The fourth-order valence-corrected chi connectivity index (χ4v) is 1.07. The molecular formula is C7H8Cl2NO+. The van der Waals surface area contributed by atoms with Gasteiger partial charge in [-0.1, -0.05) is 29.3 Å². The molecule has 0 atom stereocenters. The minimum atomic E-state index is 0.455. The molecule has 0 aromatic heterocycles. The Morgan fingerprint density at radius 3 is 2.55 bits per heavy atom. The normalized spacial score (nSPS) is 10.1. The van der Waals surface area contributed by atoms with Crippen LogP contribution in [0.15, 0.2) is 18.2 Å². The van der Waals surface area contributed by atoms with Crippen LogP contribution < -0.4 is 5.90 Å². The van der Waals surface area contributed by atoms with E-state index in [-0.39, 0.29) is 0 Å². The quantitative estimate of drug-likeness (QED) is 0.712. The Kier molecular flexibility index (Phi) is 3.15. The highest BCUT2D eigenvalue weighted by Crippen LogP contribution is 2.22. The number of rotatable bonds is 2. The molecule has 0 radical (unpaired) electrons. The second kappa shape index (κ2) is 3.93. The van der Waals surface area contributed by atoms with Gasteiger partial charge in [0.05, 0.1) is 10.0 Å². The molecule has 0 saturated heterocycles. The Morgan fingerprint density at radius 2 is 2.00 bits per heavy atom. The summed E-state index contributed by atoms with van der Waals surface area (Å²) in [6.45, 7) is 0.455. The molecule has 0 spiro atoms. The van der Waals surface area contributed by atoms with E-state index in [0.29, 0.717) is 16.7 Å². The van der Waals surface area contributed by atoms with Crippen molar-refractivity contribution >= 4 is 23.2 Å². The summed E-state index contributed by atoms with van der Waals surface area (Å²) in [6.07, 6.45) is 0. The smallest absolute Gasteiger partial charge is 0.131 e. The monoisotopic (exact) mass is 192 g/mol. The van der Waals surface area contributed by atoms with Crippen LogP contribution in [0.5, 0.6) is 0 Å². The van der Waals surface area contributed by atoms with Gasteiger partial charge in [-0.2, -0.15) is 0 Å². The molecule has 0 bridgehead atoms. The van der Waals surface area contributed by atoms with Crippen LogP contribution in [-0.4, -0.2) is 0 Å². The molecular weight excluding hydrogens is 185 g/mol. The second-order valence-corrected chi connectivity index (χ2v) is 2.91. The molecule has 1 aromatic carbocycles. The molecule has 4 heteroatoms. The maximum Gasteiger partial charge on any atom is 0.131 e. The summed E-state index contributed by atoms with van der Waals surface area (Å²) in [5.74, 6) is 3.26. The third kappa shape index (κ3) is 2.34. The van der Waals surface area contributed by atoms with Crippen LogP contribution in [-0.2, 0) is 11.4 Å². The molecule has 0 aliphatic rings. The van der Waals surface area contributed by atoms with Crippen LogP contribution in [0, 0.1) is 0 Å². The summed E-state index contributed by atoms with van der Waals surface area (Å²) in [4.78, 5) is 4.67. The average molecular weight is 193 g/mol. The molecule has 60 valence electrons. The Morgan fingerprint density at radius 1 is 1.27 bits per heavy atom. The third-order valence-electron chi connectivity index (χ3n) is 1.25. The summed E-state index contributed by atoms with van der Waals surface area (Å²) in [5, 5.41) is 1.10. The van der Waals surface area contributed by atoms with Crippen molar-refractivity contribution in [2.75, 3.05) is 0 Å². The lowest BCUT2D eigenvalue weighted by atomic mass is 10.2. The topological polar surface area (TPSA) is 36.9 Å². The molecule has 0 heterocycles. The van der Waals surface area contributed by atoms with Gasteiger partial charge in [0, 0.05) is 0 Å². The predicted octanol–water partition coefficient (Wildman–Crippen LogP) is 1.67. The zero-order valence-electron chi connectivity index (χ0n) is 5.81. The van der Waals surface area contributed by atoms with Crippen molar-refractivity contribution in [1.82, 2.24) is 0 Å². The lowest BCUT2D eigenvalue weighted by Gasteiger charge is -1.98. The number of quaternary nitrogens is 1. The van der Waals surface area contributed by atoms with Gasteiger partial charge in [0.1, 0.15) is 6.61 Å². The number of hydrogen-bond donors (Lipinski definition) is 1. The lowest BCUT2D eigenvalue weighted by Crippen LogP contribution is -2.48. The van der Waals surface area contributed by atoms with Gasteiger partial charge in [0.25, 0.3) is 0 Å². The Balaban J connectivity index is 2.86. The molecule has 3 N–H and O–H groups in total. The summed E-state index contributed by atoms with van der Waals surface area (Å²) in [6, 6.07) is 5.34. The largest absolute Gasteiger partial charge is 0.212 e. The molecule has 1 aromatic rings. The van der Waals surface area contributed by atoms with Crippen molar-refractivity contribution in [3.63, 3.8) is 0 Å². The Bertz CT molecular complexity index is 252. The molecule has 0 unspecified atom stereocenters. The van der Waals surface area contributed by atoms with Crippen molar-refractivity contribution in [3.8, 4) is 0 Å². The lowest BCUT2D eigenvalue weighted by molar-refractivity contribution is -0.695. The zero-order valence-corrected chi connectivity index (χ0v) is 7.32. The van der Waals surface area contributed by atoms with Gasteiger partial charge in [0.2, 0.25) is 0 Å². The van der Waals surface area contributed by atoms with Crippen LogP contribution in [0.4, 0.5) is 0 Å². The van der Waals surface area contributed by atoms with Gasteiger partial charge in [-0.15, -0.1) is 0 Å². The van der Waals surface area contributed by atoms with Crippen LogP contribution in [0.25, 0.3) is 0 Å². The maximum atomic E-state index is 5.74. The van der Waals surface area contributed by atoms with E-state index in [0.717, 1.165) is 5.56 Å². The van der Waals surface area contributed by atoms with Crippen LogP contribution in [0.2, 0.25) is 10.0 Å². The maximum absolute atomic E-state index is 5.74. The van der Waals surface area contributed by atoms with E-state index in [9.17, 15) is 0 Å². The molecule has 0 saturated carbocycles. The number of benzene rings is 1. The molecule has 0 aliphatic carbocycles. The highest BCUT2D eigenvalue weighted by molar-refractivity contribution is 6.41. The first-order valence-corrected chi connectivity index (χ1v) is 3.80. The van der Waals surface area contributed by atoms with Crippen LogP contribution in [0.1, 0.15) is 5.56 Å². The van der Waals surface area contributed by atoms with E-state index >= 15 is 0 Å². The van der Waals surface area contributed by atoms with Gasteiger partial charge in [0.15, 0.2) is 0 Å². The summed E-state index contributed by atoms with van der Waals surface area (Å²) >= 11 is 11.4. The number of hydrogen-bond acceptors (Lipinski definition) is 1. The summed E-state index contributed by atoms with van der Waals surface area (Å²) in [7, 11) is 0. The minimum Gasteiger partial charge on any atom is -0.212 e. The minimum absolute atomic E-state index is 0.455. The molecule has 0 amide bonds. The fourth-order valence-electron chi connectivity index (χ4n) is 0.747. The van der Waals surface area contributed by atoms with Crippen molar-refractivity contribution in [3.05, 3.63) is 33.8 Å². The van der Waals surface area contributed by atoms with E-state index in [1.165, 1.54) is 0 Å². The highest BCUT2D eigenvalue weighted by atomic mass is 35.5. The molecule has 0 aliphatic heterocycles. The molecule has 11 heavy (non-hydrogen) atoms. The Labute approximate surface area is 74.8 Å². The highest BCUT2D eigenvalue weighted by Gasteiger charge is 1.98. The average Bonchev–Trinajstić information content (AvgIpc) is 1.98. The van der Waals surface area contributed by atoms with Gasteiger partial charge >= 0.3 is 0 Å². The summed E-state index contributed by atoms with van der Waals surface area (Å²) < 4.78 is 0. The van der Waals surface area contributed by atoms with Crippen LogP contribution in [0.3, 0.4) is 0 Å². The van der Waals surface area contributed by atoms with E-state index < -0.39 is 0 Å². The fraction of sp³-hybridized carbons (Fsp3) is 0.143. The first kappa shape index (κ1) is 8.81. The van der Waals surface area contributed by atoms with Crippen molar-refractivity contribution in [1.29, 1.82) is 0 Å². The van der Waals surface area contributed by atoms with Gasteiger partial charge < -0.3 is 0 Å². The third-order valence-corrected chi connectivity index (χ3v) is 1.99. The van der Waals surface area contributed by atoms with E-state index in [4.69, 9.17) is 23.2 Å². The molecule has 0 fully saturated rings. The summed E-state index contributed by atoms with van der Waals surface area (Å²) in [5.41, 5.74) is 0.967. The van der Waals surface area contributed by atoms with Gasteiger partial charge in [-0.25, -0.2) is 10.7 Å². The van der Waals surface area contributed by atoms with Crippen molar-refractivity contribution in [2.45, 2.75) is 6.61 Å². The molecule has 1 rings (SSSR count). The predicted molar refractivity (Wildman–Crippen MR) is 44.1 cm³/mol. The van der Waals surface area contributed by atoms with Gasteiger partial charge in [-0.3, -0.25) is 0 Å². The van der Waals surface area contributed by atoms with Crippen molar-refractivity contribution in [2.24, 2.45) is 0 Å². The second-order valence-electron chi connectivity index (χ2n) is 2.10. The van der Waals surface area contributed by atoms with E-state index in [1.807, 2.05) is 6.07 Å². The van der Waals surface area contributed by atoms with Crippen LogP contribution >= 0.6 is 23.2 Å². The first-order valence-electron chi connectivity index (χ1n) is 3.05. The first-order chi connectivity index (χ1) is 5.24. The van der Waals surface area contributed by atoms with Crippen molar-refractivity contribution < 1.29 is 10.7 Å². The van der Waals surface area contributed by atoms with Gasteiger partial charge in [-0.05, 0) is 17.7 Å². The zero-order chi connectivity index (χ0) is 8.27. The standard InChI is InChI=1S/C7H8Cl2NO/c8-6-2-1-5(4-11-10)3-7(6)9/h1-3H,4H2,10H3/q+1. The number of halogens is 2.